The van der Waals surface area contributed by atoms with Gasteiger partial charge in [0.25, 0.3) is 0 Å². The standard InChI is InChI=1S/C12H21NO5S/c1-9(2)6-11(14)13(7-12(15)18-3)10-4-5-19(16,17)8-10/h9-10H,4-8H2,1-3H3. The fourth-order valence-corrected chi connectivity index (χ4v) is 3.84. The van der Waals surface area contributed by atoms with Crippen LogP contribution in [-0.4, -0.2) is 56.4 Å². The summed E-state index contributed by atoms with van der Waals surface area (Å²) in [5.74, 6) is -0.549. The molecule has 1 aliphatic heterocycles. The van der Waals surface area contributed by atoms with Crippen LogP contribution in [0.2, 0.25) is 0 Å². The molecule has 6 nitrogen and oxygen atoms in total. The summed E-state index contributed by atoms with van der Waals surface area (Å²) in [5, 5.41) is 0. The van der Waals surface area contributed by atoms with E-state index in [2.05, 4.69) is 4.74 Å². The first-order valence-corrected chi connectivity index (χ1v) is 8.14. The Morgan fingerprint density at radius 1 is 1.37 bits per heavy atom. The second-order valence-corrected chi connectivity index (χ2v) is 7.48. The van der Waals surface area contributed by atoms with Crippen LogP contribution < -0.4 is 0 Å². The SMILES string of the molecule is COC(=O)CN(C(=O)CC(C)C)C1CCS(=O)(=O)C1. The lowest BCUT2D eigenvalue weighted by Crippen LogP contribution is -2.44. The lowest BCUT2D eigenvalue weighted by Gasteiger charge is -2.27. The minimum absolute atomic E-state index is 0.0617. The molecule has 0 saturated carbocycles. The highest BCUT2D eigenvalue weighted by Crippen LogP contribution is 2.19. The molecule has 0 aliphatic carbocycles. The number of sulfone groups is 1. The Bertz CT molecular complexity index is 443. The first-order chi connectivity index (χ1) is 8.75. The number of esters is 1. The van der Waals surface area contributed by atoms with Crippen molar-refractivity contribution in [3.05, 3.63) is 0 Å². The topological polar surface area (TPSA) is 80.8 Å². The summed E-state index contributed by atoms with van der Waals surface area (Å²) >= 11 is 0. The summed E-state index contributed by atoms with van der Waals surface area (Å²) in [4.78, 5) is 24.8. The molecule has 0 N–H and O–H groups in total. The zero-order valence-electron chi connectivity index (χ0n) is 11.6. The summed E-state index contributed by atoms with van der Waals surface area (Å²) in [6.45, 7) is 3.63. The molecule has 1 unspecified atom stereocenters. The van der Waals surface area contributed by atoms with E-state index in [9.17, 15) is 18.0 Å². The van der Waals surface area contributed by atoms with Crippen LogP contribution in [0.5, 0.6) is 0 Å². The average molecular weight is 291 g/mol. The fourth-order valence-electron chi connectivity index (χ4n) is 2.11. The number of carbonyl (C=O) groups is 2. The highest BCUT2D eigenvalue weighted by molar-refractivity contribution is 7.91. The van der Waals surface area contributed by atoms with Gasteiger partial charge in [-0.15, -0.1) is 0 Å². The largest absolute Gasteiger partial charge is 0.468 e. The molecule has 1 fully saturated rings. The molecule has 1 rings (SSSR count). The molecule has 1 heterocycles. The number of amides is 1. The van der Waals surface area contributed by atoms with E-state index < -0.39 is 21.8 Å². The van der Waals surface area contributed by atoms with Crippen molar-refractivity contribution in [1.29, 1.82) is 0 Å². The Balaban J connectivity index is 2.80. The molecule has 0 radical (unpaired) electrons. The second kappa shape index (κ2) is 6.36. The van der Waals surface area contributed by atoms with Gasteiger partial charge in [0.05, 0.1) is 18.6 Å². The van der Waals surface area contributed by atoms with Gasteiger partial charge < -0.3 is 9.64 Å². The number of rotatable bonds is 5. The maximum absolute atomic E-state index is 12.1. The summed E-state index contributed by atoms with van der Waals surface area (Å²) < 4.78 is 27.5. The van der Waals surface area contributed by atoms with Gasteiger partial charge in [0.1, 0.15) is 6.54 Å². The Morgan fingerprint density at radius 2 is 2.00 bits per heavy atom. The summed E-state index contributed by atoms with van der Waals surface area (Å²) in [5.41, 5.74) is 0. The van der Waals surface area contributed by atoms with Gasteiger partial charge in [0.15, 0.2) is 9.84 Å². The summed E-state index contributed by atoms with van der Waals surface area (Å²) in [6, 6.07) is -0.407. The van der Waals surface area contributed by atoms with Crippen molar-refractivity contribution < 1.29 is 22.7 Å². The highest BCUT2D eigenvalue weighted by atomic mass is 32.2. The molecule has 19 heavy (non-hydrogen) atoms. The van der Waals surface area contributed by atoms with E-state index in [4.69, 9.17) is 0 Å². The molecule has 0 aromatic heterocycles. The van der Waals surface area contributed by atoms with Gasteiger partial charge in [0, 0.05) is 12.5 Å². The fraction of sp³-hybridized carbons (Fsp3) is 0.833. The summed E-state index contributed by atoms with van der Waals surface area (Å²) in [6.07, 6.45) is 0.691. The third-order valence-corrected chi connectivity index (χ3v) is 4.83. The zero-order chi connectivity index (χ0) is 14.6. The predicted molar refractivity (Wildman–Crippen MR) is 70.2 cm³/mol. The third-order valence-electron chi connectivity index (χ3n) is 3.08. The Labute approximate surface area is 114 Å². The van der Waals surface area contributed by atoms with Crippen molar-refractivity contribution >= 4 is 21.7 Å². The minimum Gasteiger partial charge on any atom is -0.468 e. The van der Waals surface area contributed by atoms with Crippen LogP contribution in [0.4, 0.5) is 0 Å². The van der Waals surface area contributed by atoms with Crippen molar-refractivity contribution in [2.24, 2.45) is 5.92 Å². The molecule has 1 aliphatic rings. The Hall–Kier alpha value is -1.11. The van der Waals surface area contributed by atoms with Crippen molar-refractivity contribution in [2.75, 3.05) is 25.2 Å². The van der Waals surface area contributed by atoms with Gasteiger partial charge in [-0.1, -0.05) is 13.8 Å². The smallest absolute Gasteiger partial charge is 0.325 e. The number of methoxy groups -OCH3 is 1. The monoisotopic (exact) mass is 291 g/mol. The third kappa shape index (κ3) is 4.81. The van der Waals surface area contributed by atoms with Crippen LogP contribution in [0.1, 0.15) is 26.7 Å². The molecule has 7 heteroatoms. The van der Waals surface area contributed by atoms with Crippen molar-refractivity contribution in [3.63, 3.8) is 0 Å². The molecular formula is C12H21NO5S. The quantitative estimate of drug-likeness (QED) is 0.677. The number of hydrogen-bond acceptors (Lipinski definition) is 5. The first kappa shape index (κ1) is 15.9. The Morgan fingerprint density at radius 3 is 2.42 bits per heavy atom. The molecule has 1 saturated heterocycles. The van der Waals surface area contributed by atoms with Gasteiger partial charge >= 0.3 is 5.97 Å². The van der Waals surface area contributed by atoms with Crippen molar-refractivity contribution in [3.8, 4) is 0 Å². The molecular weight excluding hydrogens is 270 g/mol. The highest BCUT2D eigenvalue weighted by Gasteiger charge is 2.35. The van der Waals surface area contributed by atoms with Crippen LogP contribution >= 0.6 is 0 Å². The molecule has 0 spiro atoms. The minimum atomic E-state index is -3.09. The summed E-state index contributed by atoms with van der Waals surface area (Å²) in [7, 11) is -1.84. The lowest BCUT2D eigenvalue weighted by atomic mass is 10.1. The molecule has 0 bridgehead atoms. The predicted octanol–water partition coefficient (Wildman–Crippen LogP) is 0.221. The normalized spacial score (nSPS) is 21.4. The van der Waals surface area contributed by atoms with E-state index in [1.807, 2.05) is 13.8 Å². The number of ether oxygens (including phenoxy) is 1. The van der Waals surface area contributed by atoms with Gasteiger partial charge in [-0.25, -0.2) is 8.42 Å². The van der Waals surface area contributed by atoms with E-state index in [0.717, 1.165) is 0 Å². The van der Waals surface area contributed by atoms with E-state index in [-0.39, 0.29) is 29.9 Å². The van der Waals surface area contributed by atoms with Crippen molar-refractivity contribution in [1.82, 2.24) is 4.90 Å². The van der Waals surface area contributed by atoms with Crippen LogP contribution in [0.15, 0.2) is 0 Å². The maximum Gasteiger partial charge on any atom is 0.325 e. The first-order valence-electron chi connectivity index (χ1n) is 6.32. The second-order valence-electron chi connectivity index (χ2n) is 5.25. The van der Waals surface area contributed by atoms with Crippen LogP contribution in [0.3, 0.4) is 0 Å². The van der Waals surface area contributed by atoms with Gasteiger partial charge in [-0.05, 0) is 12.3 Å². The average Bonchev–Trinajstić information content (AvgIpc) is 2.64. The molecule has 1 atom stereocenters. The molecule has 110 valence electrons. The van der Waals surface area contributed by atoms with Gasteiger partial charge in [-0.3, -0.25) is 9.59 Å². The van der Waals surface area contributed by atoms with E-state index in [0.29, 0.717) is 12.8 Å². The number of carbonyl (C=O) groups excluding carboxylic acids is 2. The lowest BCUT2D eigenvalue weighted by molar-refractivity contribution is -0.148. The van der Waals surface area contributed by atoms with Gasteiger partial charge in [0.2, 0.25) is 5.91 Å². The van der Waals surface area contributed by atoms with Crippen LogP contribution in [0, 0.1) is 5.92 Å². The molecule has 0 aromatic carbocycles. The maximum atomic E-state index is 12.1. The number of hydrogen-bond donors (Lipinski definition) is 0. The Kier molecular flexibility index (Phi) is 5.34. The zero-order valence-corrected chi connectivity index (χ0v) is 12.4. The molecule has 1 amide bonds. The van der Waals surface area contributed by atoms with Crippen LogP contribution in [-0.2, 0) is 24.2 Å². The van der Waals surface area contributed by atoms with Crippen LogP contribution in [0.25, 0.3) is 0 Å². The molecule has 0 aromatic rings. The van der Waals surface area contributed by atoms with E-state index >= 15 is 0 Å². The number of nitrogens with zero attached hydrogens (tertiary/aromatic N) is 1. The van der Waals surface area contributed by atoms with Gasteiger partial charge in [-0.2, -0.15) is 0 Å². The van der Waals surface area contributed by atoms with Crippen molar-refractivity contribution in [2.45, 2.75) is 32.7 Å². The van der Waals surface area contributed by atoms with E-state index in [1.165, 1.54) is 12.0 Å². The van der Waals surface area contributed by atoms with E-state index in [1.54, 1.807) is 0 Å².